The van der Waals surface area contributed by atoms with Crippen LogP contribution in [0.3, 0.4) is 0 Å². The molecule has 0 spiro atoms. The standard InChI is InChI=1S/C31H30FNO4/c1-16-13-19-14-21(17-5-6-17)23(32)15-22(19)27(25(16)29(30(34)35)37-31(2,3)4)20-7-8-24-26-18(10-12-36-24)9-11-33-28(20)26/h7-9,11,13-15,17,29H,5-6,10,12H2,1-4H3,(H,34,35). The molecule has 1 unspecified atom stereocenters. The predicted molar refractivity (Wildman–Crippen MR) is 142 cm³/mol. The summed E-state index contributed by atoms with van der Waals surface area (Å²) in [4.78, 5) is 17.4. The number of benzene rings is 3. The van der Waals surface area contributed by atoms with Gasteiger partial charge in [0.15, 0.2) is 6.10 Å². The highest BCUT2D eigenvalue weighted by Crippen LogP contribution is 2.47. The first-order valence-electron chi connectivity index (χ1n) is 12.8. The Morgan fingerprint density at radius 3 is 2.68 bits per heavy atom. The highest BCUT2D eigenvalue weighted by Gasteiger charge is 2.34. The van der Waals surface area contributed by atoms with Gasteiger partial charge in [0.2, 0.25) is 0 Å². The number of halogens is 1. The van der Waals surface area contributed by atoms with Gasteiger partial charge in [-0.15, -0.1) is 0 Å². The maximum Gasteiger partial charge on any atom is 0.337 e. The van der Waals surface area contributed by atoms with Crippen LogP contribution in [0.2, 0.25) is 0 Å². The molecular weight excluding hydrogens is 469 g/mol. The third-order valence-electron chi connectivity index (χ3n) is 7.32. The van der Waals surface area contributed by atoms with E-state index in [-0.39, 0.29) is 11.7 Å². The molecule has 1 fully saturated rings. The van der Waals surface area contributed by atoms with Crippen molar-refractivity contribution in [3.8, 4) is 16.9 Å². The molecule has 1 saturated carbocycles. The normalized spacial score (nSPS) is 16.1. The van der Waals surface area contributed by atoms with Gasteiger partial charge in [-0.1, -0.05) is 6.07 Å². The fourth-order valence-corrected chi connectivity index (χ4v) is 5.62. The SMILES string of the molecule is Cc1cc2cc(C3CC3)c(F)cc2c(-c2ccc3c4c(ccnc24)CCO3)c1C(OC(C)(C)C)C(=O)O. The van der Waals surface area contributed by atoms with Crippen LogP contribution in [0.15, 0.2) is 42.6 Å². The molecular formula is C31H30FNO4. The van der Waals surface area contributed by atoms with Gasteiger partial charge in [-0.3, -0.25) is 4.98 Å². The second-order valence-corrected chi connectivity index (χ2v) is 11.2. The summed E-state index contributed by atoms with van der Waals surface area (Å²) in [5.74, 6) is -0.334. The van der Waals surface area contributed by atoms with Crippen molar-refractivity contribution >= 4 is 27.6 Å². The second kappa shape index (κ2) is 8.52. The van der Waals surface area contributed by atoms with Gasteiger partial charge in [0.1, 0.15) is 11.6 Å². The molecule has 1 atom stereocenters. The van der Waals surface area contributed by atoms with E-state index in [0.29, 0.717) is 23.1 Å². The van der Waals surface area contributed by atoms with Gasteiger partial charge in [-0.05, 0) is 110 Å². The Balaban J connectivity index is 1.73. The summed E-state index contributed by atoms with van der Waals surface area (Å²) in [5.41, 5.74) is 4.57. The van der Waals surface area contributed by atoms with E-state index in [1.807, 2.05) is 58.0 Å². The molecule has 0 amide bonds. The molecule has 2 heterocycles. The van der Waals surface area contributed by atoms with Gasteiger partial charge in [0.25, 0.3) is 0 Å². The number of fused-ring (bicyclic) bond motifs is 1. The first-order valence-corrected chi connectivity index (χ1v) is 12.8. The molecule has 1 aliphatic carbocycles. The van der Waals surface area contributed by atoms with Crippen LogP contribution in [0.5, 0.6) is 5.75 Å². The summed E-state index contributed by atoms with van der Waals surface area (Å²) in [6.45, 7) is 8.01. The molecule has 3 aromatic carbocycles. The number of aliphatic carboxylic acids is 1. The summed E-state index contributed by atoms with van der Waals surface area (Å²) < 4.78 is 27.6. The lowest BCUT2D eigenvalue weighted by molar-refractivity contribution is -0.160. The van der Waals surface area contributed by atoms with Gasteiger partial charge in [-0.2, -0.15) is 0 Å². The fourth-order valence-electron chi connectivity index (χ4n) is 5.62. The molecule has 37 heavy (non-hydrogen) atoms. The number of ether oxygens (including phenoxy) is 2. The van der Waals surface area contributed by atoms with Crippen molar-refractivity contribution in [1.29, 1.82) is 0 Å². The number of pyridine rings is 1. The average Bonchev–Trinajstić information content (AvgIpc) is 3.68. The van der Waals surface area contributed by atoms with E-state index in [4.69, 9.17) is 14.5 Å². The number of aryl methyl sites for hydroxylation is 1. The van der Waals surface area contributed by atoms with E-state index in [0.717, 1.165) is 63.6 Å². The van der Waals surface area contributed by atoms with E-state index in [1.165, 1.54) is 0 Å². The lowest BCUT2D eigenvalue weighted by Gasteiger charge is -2.29. The fraction of sp³-hybridized carbons (Fsp3) is 0.355. The van der Waals surface area contributed by atoms with E-state index in [1.54, 1.807) is 12.3 Å². The van der Waals surface area contributed by atoms with Crippen LogP contribution in [0.4, 0.5) is 4.39 Å². The molecule has 4 aromatic rings. The van der Waals surface area contributed by atoms with Crippen molar-refractivity contribution in [3.05, 3.63) is 70.7 Å². The van der Waals surface area contributed by atoms with Gasteiger partial charge < -0.3 is 14.6 Å². The number of hydrogen-bond donors (Lipinski definition) is 1. The molecule has 190 valence electrons. The Bertz CT molecular complexity index is 1570. The first kappa shape index (κ1) is 23.9. The van der Waals surface area contributed by atoms with Crippen molar-refractivity contribution in [3.63, 3.8) is 0 Å². The van der Waals surface area contributed by atoms with Crippen LogP contribution >= 0.6 is 0 Å². The van der Waals surface area contributed by atoms with E-state index < -0.39 is 17.7 Å². The summed E-state index contributed by atoms with van der Waals surface area (Å²) in [7, 11) is 0. The zero-order chi connectivity index (χ0) is 26.1. The van der Waals surface area contributed by atoms with E-state index in [2.05, 4.69) is 0 Å². The molecule has 0 bridgehead atoms. The van der Waals surface area contributed by atoms with Crippen LogP contribution in [0, 0.1) is 12.7 Å². The minimum Gasteiger partial charge on any atom is -0.493 e. The molecule has 5 nitrogen and oxygen atoms in total. The third kappa shape index (κ3) is 4.13. The number of rotatable bonds is 5. The van der Waals surface area contributed by atoms with Crippen molar-refractivity contribution in [2.75, 3.05) is 6.61 Å². The molecule has 1 aromatic heterocycles. The third-order valence-corrected chi connectivity index (χ3v) is 7.32. The topological polar surface area (TPSA) is 68.7 Å². The van der Waals surface area contributed by atoms with Gasteiger partial charge >= 0.3 is 5.97 Å². The minimum absolute atomic E-state index is 0.253. The van der Waals surface area contributed by atoms with Crippen LogP contribution < -0.4 is 4.74 Å². The number of aromatic nitrogens is 1. The maximum atomic E-state index is 15.5. The molecule has 6 heteroatoms. The van der Waals surface area contributed by atoms with Crippen molar-refractivity contribution in [2.45, 2.75) is 64.6 Å². The summed E-state index contributed by atoms with van der Waals surface area (Å²) in [5, 5.41) is 12.8. The Morgan fingerprint density at radius 2 is 1.97 bits per heavy atom. The Morgan fingerprint density at radius 1 is 1.19 bits per heavy atom. The van der Waals surface area contributed by atoms with Crippen LogP contribution in [-0.4, -0.2) is 28.3 Å². The molecule has 6 rings (SSSR count). The number of carboxylic acid groups (broad SMARTS) is 1. The predicted octanol–water partition coefficient (Wildman–Crippen LogP) is 7.26. The molecule has 2 aliphatic rings. The number of nitrogens with zero attached hydrogens (tertiary/aromatic N) is 1. The van der Waals surface area contributed by atoms with E-state index >= 15 is 4.39 Å². The van der Waals surface area contributed by atoms with Gasteiger partial charge in [0, 0.05) is 29.1 Å². The highest BCUT2D eigenvalue weighted by atomic mass is 19.1. The minimum atomic E-state index is -1.24. The smallest absolute Gasteiger partial charge is 0.337 e. The zero-order valence-electron chi connectivity index (χ0n) is 21.5. The Kier molecular flexibility index (Phi) is 5.50. The van der Waals surface area contributed by atoms with Crippen molar-refractivity contribution in [1.82, 2.24) is 4.98 Å². The quantitative estimate of drug-likeness (QED) is 0.313. The van der Waals surface area contributed by atoms with Crippen molar-refractivity contribution < 1.29 is 23.8 Å². The van der Waals surface area contributed by atoms with Crippen LogP contribution in [-0.2, 0) is 16.0 Å². The average molecular weight is 500 g/mol. The monoisotopic (exact) mass is 499 g/mol. The van der Waals surface area contributed by atoms with Crippen molar-refractivity contribution in [2.24, 2.45) is 0 Å². The molecule has 0 radical (unpaired) electrons. The largest absolute Gasteiger partial charge is 0.493 e. The van der Waals surface area contributed by atoms with Gasteiger partial charge in [0.05, 0.1) is 17.7 Å². The first-order chi connectivity index (χ1) is 17.6. The van der Waals surface area contributed by atoms with E-state index in [9.17, 15) is 9.90 Å². The highest BCUT2D eigenvalue weighted by molar-refractivity contribution is 6.09. The Hall–Kier alpha value is -3.51. The molecule has 1 N–H and O–H groups in total. The number of hydrogen-bond acceptors (Lipinski definition) is 4. The maximum absolute atomic E-state index is 15.5. The Labute approximate surface area is 215 Å². The van der Waals surface area contributed by atoms with Crippen LogP contribution in [0.1, 0.15) is 67.9 Å². The van der Waals surface area contributed by atoms with Crippen LogP contribution in [0.25, 0.3) is 32.8 Å². The summed E-state index contributed by atoms with van der Waals surface area (Å²) >= 11 is 0. The second-order valence-electron chi connectivity index (χ2n) is 11.2. The van der Waals surface area contributed by atoms with Gasteiger partial charge in [-0.25, -0.2) is 9.18 Å². The zero-order valence-corrected chi connectivity index (χ0v) is 21.5. The molecule has 0 saturated heterocycles. The molecule has 1 aliphatic heterocycles. The number of carboxylic acids is 1. The lowest BCUT2D eigenvalue weighted by atomic mass is 9.85. The summed E-state index contributed by atoms with van der Waals surface area (Å²) in [6.07, 6.45) is 3.28. The number of carbonyl (C=O) groups is 1. The lowest BCUT2D eigenvalue weighted by Crippen LogP contribution is -2.28. The summed E-state index contributed by atoms with van der Waals surface area (Å²) in [6, 6.07) is 11.3.